The first-order chi connectivity index (χ1) is 23.8. The Hall–Kier alpha value is 1.58. The zero-order valence-electron chi connectivity index (χ0n) is 35.0. The molecule has 0 aliphatic heterocycles. The molecule has 4 saturated carbocycles. The van der Waals surface area contributed by atoms with Crippen molar-refractivity contribution in [1.82, 2.24) is 0 Å². The van der Waals surface area contributed by atoms with E-state index in [-0.39, 0.29) is 29.7 Å². The minimum absolute atomic E-state index is 0. The van der Waals surface area contributed by atoms with Gasteiger partial charge in [0, 0.05) is 0 Å². The first-order valence-electron chi connectivity index (χ1n) is 19.7. The third kappa shape index (κ3) is 13.0. The van der Waals surface area contributed by atoms with Crippen molar-refractivity contribution in [3.8, 4) is 0 Å². The molecule has 4 fully saturated rings. The Morgan fingerprint density at radius 3 is 1.38 bits per heavy atom. The van der Waals surface area contributed by atoms with E-state index in [1.54, 1.807) is 0 Å². The van der Waals surface area contributed by atoms with Crippen molar-refractivity contribution < 1.29 is 41.7 Å². The van der Waals surface area contributed by atoms with Crippen LogP contribution in [-0.4, -0.2) is 8.07 Å². The van der Waals surface area contributed by atoms with E-state index in [4.69, 9.17) is 34.1 Å². The molecule has 0 spiro atoms. The van der Waals surface area contributed by atoms with Crippen LogP contribution >= 0.6 is 34.1 Å². The number of halogens is 4. The Balaban J connectivity index is 0.000000834. The normalized spacial score (nSPS) is 32.5. The van der Waals surface area contributed by atoms with Crippen LogP contribution in [0.25, 0.3) is 0 Å². The summed E-state index contributed by atoms with van der Waals surface area (Å²) in [4.78, 5) is 0. The molecule has 53 heavy (non-hydrogen) atoms. The van der Waals surface area contributed by atoms with Gasteiger partial charge in [0.1, 0.15) is 0 Å². The molecule has 7 rings (SSSR count). The fourth-order valence-electron chi connectivity index (χ4n) is 12.5. The Morgan fingerprint density at radius 2 is 0.962 bits per heavy atom. The van der Waals surface area contributed by atoms with Crippen LogP contribution in [0.4, 0.5) is 0 Å². The van der Waals surface area contributed by atoms with E-state index in [1.165, 1.54) is 83.5 Å². The van der Waals surface area contributed by atoms with Crippen molar-refractivity contribution in [1.29, 1.82) is 0 Å². The molecule has 0 saturated heterocycles. The Labute approximate surface area is 369 Å². The van der Waals surface area contributed by atoms with E-state index in [1.807, 2.05) is 0 Å². The first-order valence-corrected chi connectivity index (χ1v) is 35.6. The zero-order valence-corrected chi connectivity index (χ0v) is 43.9. The maximum atomic E-state index is 4.93. The molecule has 10 unspecified atom stereocenters. The summed E-state index contributed by atoms with van der Waals surface area (Å²) < 4.78 is 0. The van der Waals surface area contributed by atoms with Crippen LogP contribution < -0.4 is 0 Å². The summed E-state index contributed by atoms with van der Waals surface area (Å²) in [5.74, 6) is 7.99. The van der Waals surface area contributed by atoms with Crippen molar-refractivity contribution >= 4 is 42.1 Å². The third-order valence-corrected chi connectivity index (χ3v) is 19.9. The van der Waals surface area contributed by atoms with Crippen LogP contribution in [-0.2, 0) is 41.7 Å². The minimum atomic E-state index is -1.22. The van der Waals surface area contributed by atoms with E-state index < -0.39 is 49.8 Å². The van der Waals surface area contributed by atoms with Crippen LogP contribution in [0.2, 0.25) is 24.2 Å². The van der Waals surface area contributed by atoms with Crippen molar-refractivity contribution in [2.45, 2.75) is 128 Å². The van der Waals surface area contributed by atoms with Crippen LogP contribution in [0, 0.1) is 88.4 Å². The van der Waals surface area contributed by atoms with Crippen LogP contribution in [0.1, 0.15) is 104 Å². The molecule has 0 aromatic carbocycles. The molecule has 7 heteroatoms. The fraction of sp³-hybridized carbons (Fsp3) is 0.652. The van der Waals surface area contributed by atoms with Gasteiger partial charge in [-0.15, -0.1) is 0 Å². The molecule has 0 amide bonds. The number of hydrogen-bond donors (Lipinski definition) is 0. The standard InChI is InChI=1S/C22H36.C20H28Si.4CH3.4ClH.2Zr/c1-4-11-17-16-21(20-15-10-9-14-19(17)20)22(5-2,6-3)18-12-7-8-13-18;1-21(2,19-13-11-15-7-3-5-9-17(15)19)20-14-12-16-8-4-6-10-18(16)20;;;;;;;;;;/h9-10,14-15,17-21H,4-8,11-13,16H2,1-3H3;3-10,15-20H,11-14H2,1-2H3;4*1H3;4*1H;;/q;;4*-1;;;;;2*+4/p-4. The zero-order chi connectivity index (χ0) is 35.4. The number of allylic oxidation sites excluding steroid dienone is 12. The molecule has 0 heterocycles. The number of hydrogen-bond acceptors (Lipinski definition) is 0. The maximum absolute atomic E-state index is 4.93. The SMILES string of the molecule is CCCC1CC(C(CC)(CC)C2CCCC2)C2C=CC=CC12.C[Si](C)(C1CCC2C=CC=CC21)C1CCC2C=CC=CC21.[CH3-].[CH3-].[CH3-].[CH3-].[Cl][Zr+2][Cl].[Cl][Zr+2][Cl]. The monoisotopic (exact) mass is 976 g/mol. The van der Waals surface area contributed by atoms with Gasteiger partial charge < -0.3 is 29.7 Å². The predicted octanol–water partition coefficient (Wildman–Crippen LogP) is 17.1. The predicted molar refractivity (Wildman–Crippen MR) is 240 cm³/mol. The Kier molecular flexibility index (Phi) is 28.2. The molecule has 0 aromatic heterocycles. The molecular formula is C46H76Cl4SiZr2. The quantitative estimate of drug-likeness (QED) is 0.168. The first kappa shape index (κ1) is 54.6. The van der Waals surface area contributed by atoms with Gasteiger partial charge in [0.2, 0.25) is 0 Å². The van der Waals surface area contributed by atoms with Gasteiger partial charge in [-0.2, -0.15) is 0 Å². The summed E-state index contributed by atoms with van der Waals surface area (Å²) in [6.45, 7) is 12.8. The molecule has 300 valence electrons. The van der Waals surface area contributed by atoms with Gasteiger partial charge in [0.05, 0.1) is 8.07 Å². The fourth-order valence-corrected chi connectivity index (χ4v) is 17.6. The molecule has 7 aliphatic carbocycles. The summed E-state index contributed by atoms with van der Waals surface area (Å²) >= 11 is -1.65. The van der Waals surface area contributed by atoms with E-state index in [9.17, 15) is 0 Å². The number of fused-ring (bicyclic) bond motifs is 3. The summed E-state index contributed by atoms with van der Waals surface area (Å²) in [5, 5.41) is 0. The van der Waals surface area contributed by atoms with Crippen LogP contribution in [0.15, 0.2) is 72.9 Å². The van der Waals surface area contributed by atoms with Crippen LogP contribution in [0.3, 0.4) is 0 Å². The molecular weight excluding hydrogens is 905 g/mol. The number of rotatable bonds is 8. The summed E-state index contributed by atoms with van der Waals surface area (Å²) in [7, 11) is 18.5. The van der Waals surface area contributed by atoms with Crippen molar-refractivity contribution in [2.75, 3.05) is 0 Å². The average molecular weight is 981 g/mol. The van der Waals surface area contributed by atoms with Crippen molar-refractivity contribution in [3.05, 3.63) is 103 Å². The van der Waals surface area contributed by atoms with Gasteiger partial charge in [-0.25, -0.2) is 0 Å². The van der Waals surface area contributed by atoms with Crippen molar-refractivity contribution in [3.63, 3.8) is 0 Å². The summed E-state index contributed by atoms with van der Waals surface area (Å²) in [6.07, 6.45) is 47.9. The van der Waals surface area contributed by atoms with Gasteiger partial charge in [-0.3, -0.25) is 0 Å². The van der Waals surface area contributed by atoms with E-state index >= 15 is 0 Å². The van der Waals surface area contributed by atoms with Gasteiger partial charge in [0.15, 0.2) is 0 Å². The van der Waals surface area contributed by atoms with Gasteiger partial charge >= 0.3 is 75.7 Å². The second-order valence-electron chi connectivity index (χ2n) is 16.6. The molecule has 10 atom stereocenters. The molecule has 0 N–H and O–H groups in total. The van der Waals surface area contributed by atoms with Gasteiger partial charge in [-0.05, 0) is 115 Å². The second-order valence-corrected chi connectivity index (χ2v) is 29.2. The molecule has 0 bridgehead atoms. The van der Waals surface area contributed by atoms with E-state index in [2.05, 4.69) is 107 Å². The van der Waals surface area contributed by atoms with Gasteiger partial charge in [0.25, 0.3) is 0 Å². The van der Waals surface area contributed by atoms with E-state index in [0.717, 1.165) is 64.3 Å². The van der Waals surface area contributed by atoms with Crippen LogP contribution in [0.5, 0.6) is 0 Å². The van der Waals surface area contributed by atoms with Gasteiger partial charge in [-0.1, -0.05) is 145 Å². The van der Waals surface area contributed by atoms with Crippen molar-refractivity contribution in [2.24, 2.45) is 58.7 Å². The molecule has 0 aromatic rings. The molecule has 0 radical (unpaired) electrons. The third-order valence-electron chi connectivity index (χ3n) is 14.7. The Morgan fingerprint density at radius 1 is 0.566 bits per heavy atom. The van der Waals surface area contributed by atoms with E-state index in [0.29, 0.717) is 5.41 Å². The average Bonchev–Trinajstić information content (AvgIpc) is 3.94. The Bertz CT molecular complexity index is 1120. The topological polar surface area (TPSA) is 0 Å². The molecule has 0 nitrogen and oxygen atoms in total. The summed E-state index contributed by atoms with van der Waals surface area (Å²) in [6, 6.07) is 0. The summed E-state index contributed by atoms with van der Waals surface area (Å²) in [5.41, 5.74) is 2.63. The molecule has 7 aliphatic rings. The second kappa shape index (κ2) is 27.4.